The number of aromatic amines is 1. The summed E-state index contributed by atoms with van der Waals surface area (Å²) in [5.74, 6) is -2.96. The van der Waals surface area contributed by atoms with E-state index in [0.717, 1.165) is 16.6 Å². The molecule has 0 bridgehead atoms. The molecule has 2 heterocycles. The number of carboxylic acid groups (broad SMARTS) is 1. The van der Waals surface area contributed by atoms with E-state index >= 15 is 0 Å². The van der Waals surface area contributed by atoms with Gasteiger partial charge >= 0.3 is 12.1 Å². The number of amides is 1. The van der Waals surface area contributed by atoms with E-state index in [1.54, 1.807) is 24.4 Å². The summed E-state index contributed by atoms with van der Waals surface area (Å²) in [6.07, 6.45) is -1.61. The molecule has 9 heteroatoms. The third kappa shape index (κ3) is 5.06. The van der Waals surface area contributed by atoms with Crippen molar-refractivity contribution in [3.05, 3.63) is 60.6 Å². The number of nitrogens with zero attached hydrogens (tertiary/aromatic N) is 1. The topological polar surface area (TPSA) is 95.1 Å². The molecule has 3 aromatic rings. The number of anilines is 1. The van der Waals surface area contributed by atoms with Crippen molar-refractivity contribution < 1.29 is 27.9 Å². The monoisotopic (exact) mass is 351 g/mol. The van der Waals surface area contributed by atoms with Crippen molar-refractivity contribution in [3.63, 3.8) is 0 Å². The Morgan fingerprint density at radius 2 is 1.84 bits per heavy atom. The molecule has 0 aliphatic carbocycles. The van der Waals surface area contributed by atoms with Crippen molar-refractivity contribution in [1.82, 2.24) is 9.97 Å². The first kappa shape index (κ1) is 18.0. The number of nitrogens with one attached hydrogen (secondary N) is 2. The van der Waals surface area contributed by atoms with Crippen molar-refractivity contribution in [2.24, 2.45) is 0 Å². The molecule has 25 heavy (non-hydrogen) atoms. The summed E-state index contributed by atoms with van der Waals surface area (Å²) in [5.41, 5.74) is 2.15. The lowest BCUT2D eigenvalue weighted by molar-refractivity contribution is -0.192. The van der Waals surface area contributed by atoms with Gasteiger partial charge < -0.3 is 15.4 Å². The molecule has 130 valence electrons. The molecule has 0 fully saturated rings. The first-order valence-electron chi connectivity index (χ1n) is 6.87. The van der Waals surface area contributed by atoms with Crippen LogP contribution in [0.1, 0.15) is 10.5 Å². The van der Waals surface area contributed by atoms with E-state index < -0.39 is 12.1 Å². The van der Waals surface area contributed by atoms with E-state index in [1.807, 2.05) is 30.5 Å². The van der Waals surface area contributed by atoms with Crippen LogP contribution in [0.2, 0.25) is 0 Å². The number of benzene rings is 1. The highest BCUT2D eigenvalue weighted by Crippen LogP contribution is 2.18. The minimum atomic E-state index is -5.08. The Hall–Kier alpha value is -3.36. The lowest BCUT2D eigenvalue weighted by atomic mass is 10.2. The van der Waals surface area contributed by atoms with Crippen LogP contribution in [0.25, 0.3) is 10.9 Å². The molecule has 2 aromatic heterocycles. The molecular formula is C16H12F3N3O3. The number of hydrogen-bond donors (Lipinski definition) is 3. The Balaban J connectivity index is 0.000000277. The third-order valence-corrected chi connectivity index (χ3v) is 2.95. The Kier molecular flexibility index (Phi) is 5.38. The molecule has 0 radical (unpaired) electrons. The molecule has 1 aromatic carbocycles. The van der Waals surface area contributed by atoms with Gasteiger partial charge in [-0.1, -0.05) is 12.1 Å². The second kappa shape index (κ2) is 7.47. The number of fused-ring (bicyclic) bond motifs is 1. The van der Waals surface area contributed by atoms with Crippen molar-refractivity contribution in [2.45, 2.75) is 6.18 Å². The summed E-state index contributed by atoms with van der Waals surface area (Å²) < 4.78 is 31.7. The first-order chi connectivity index (χ1) is 11.8. The zero-order valence-corrected chi connectivity index (χ0v) is 12.5. The Morgan fingerprint density at radius 1 is 1.12 bits per heavy atom. The average molecular weight is 351 g/mol. The van der Waals surface area contributed by atoms with Crippen LogP contribution in [-0.4, -0.2) is 33.1 Å². The van der Waals surface area contributed by atoms with Crippen LogP contribution >= 0.6 is 0 Å². The first-order valence-corrected chi connectivity index (χ1v) is 6.87. The van der Waals surface area contributed by atoms with E-state index in [0.29, 0.717) is 5.69 Å². The van der Waals surface area contributed by atoms with Crippen LogP contribution in [0.4, 0.5) is 18.9 Å². The van der Waals surface area contributed by atoms with Crippen molar-refractivity contribution in [2.75, 3.05) is 5.32 Å². The van der Waals surface area contributed by atoms with E-state index in [9.17, 15) is 18.0 Å². The number of alkyl halides is 3. The van der Waals surface area contributed by atoms with Gasteiger partial charge in [0.15, 0.2) is 0 Å². The fourth-order valence-corrected chi connectivity index (χ4v) is 1.82. The quantitative estimate of drug-likeness (QED) is 0.659. The lowest BCUT2D eigenvalue weighted by Gasteiger charge is -2.04. The fraction of sp³-hybridized carbons (Fsp3) is 0.0625. The van der Waals surface area contributed by atoms with Gasteiger partial charge in [-0.25, -0.2) is 4.79 Å². The van der Waals surface area contributed by atoms with Crippen LogP contribution in [0.3, 0.4) is 0 Å². The Morgan fingerprint density at radius 3 is 2.44 bits per heavy atom. The second-order valence-corrected chi connectivity index (χ2v) is 4.75. The van der Waals surface area contributed by atoms with E-state index in [2.05, 4.69) is 15.3 Å². The number of carboxylic acids is 1. The minimum absolute atomic E-state index is 0.207. The fourth-order valence-electron chi connectivity index (χ4n) is 1.82. The predicted octanol–water partition coefficient (Wildman–Crippen LogP) is 3.45. The number of H-pyrrole nitrogens is 1. The largest absolute Gasteiger partial charge is 0.490 e. The standard InChI is InChI=1S/C14H11N3O.C2HF3O2/c18-14(12-3-1-2-7-15-12)17-11-5-4-10-6-8-16-13(10)9-11;3-2(4,5)1(6)7/h1-9,16H,(H,17,18);(H,6,7). The summed E-state index contributed by atoms with van der Waals surface area (Å²) in [6, 6.07) is 13.0. The van der Waals surface area contributed by atoms with E-state index in [1.165, 1.54) is 0 Å². The number of carbonyl (C=O) groups is 2. The van der Waals surface area contributed by atoms with Crippen molar-refractivity contribution in [3.8, 4) is 0 Å². The predicted molar refractivity (Wildman–Crippen MR) is 84.2 cm³/mol. The van der Waals surface area contributed by atoms with Crippen molar-refractivity contribution >= 4 is 28.5 Å². The summed E-state index contributed by atoms with van der Waals surface area (Å²) in [5, 5.41) is 11.1. The molecule has 0 aliphatic heterocycles. The van der Waals surface area contributed by atoms with Gasteiger partial charge in [-0.15, -0.1) is 0 Å². The SMILES string of the molecule is O=C(Nc1ccc2cc[nH]c2c1)c1ccccn1.O=C(O)C(F)(F)F. The zero-order chi connectivity index (χ0) is 18.4. The van der Waals surface area contributed by atoms with Gasteiger partial charge in [0.25, 0.3) is 5.91 Å². The lowest BCUT2D eigenvalue weighted by Crippen LogP contribution is -2.21. The Labute approximate surface area is 139 Å². The summed E-state index contributed by atoms with van der Waals surface area (Å²) >= 11 is 0. The smallest absolute Gasteiger partial charge is 0.475 e. The molecule has 3 rings (SSSR count). The van der Waals surface area contributed by atoms with Gasteiger partial charge in [0.05, 0.1) is 0 Å². The van der Waals surface area contributed by atoms with E-state index in [-0.39, 0.29) is 5.91 Å². The maximum absolute atomic E-state index is 11.9. The highest BCUT2D eigenvalue weighted by Gasteiger charge is 2.38. The molecule has 6 nitrogen and oxygen atoms in total. The number of aromatic nitrogens is 2. The number of pyridine rings is 1. The molecular weight excluding hydrogens is 339 g/mol. The van der Waals surface area contributed by atoms with Gasteiger partial charge in [0.2, 0.25) is 0 Å². The number of hydrogen-bond acceptors (Lipinski definition) is 3. The molecule has 0 atom stereocenters. The minimum Gasteiger partial charge on any atom is -0.475 e. The molecule has 0 aliphatic rings. The molecule has 0 unspecified atom stereocenters. The zero-order valence-electron chi connectivity index (χ0n) is 12.5. The number of aliphatic carboxylic acids is 1. The molecule has 0 spiro atoms. The third-order valence-electron chi connectivity index (χ3n) is 2.95. The summed E-state index contributed by atoms with van der Waals surface area (Å²) in [7, 11) is 0. The summed E-state index contributed by atoms with van der Waals surface area (Å²) in [6.45, 7) is 0. The Bertz CT molecular complexity index is 876. The van der Waals surface area contributed by atoms with Gasteiger partial charge in [-0.05, 0) is 35.7 Å². The molecule has 1 amide bonds. The number of carbonyl (C=O) groups excluding carboxylic acids is 1. The molecule has 0 saturated heterocycles. The van der Waals surface area contributed by atoms with Crippen LogP contribution in [-0.2, 0) is 4.79 Å². The van der Waals surface area contributed by atoms with Crippen LogP contribution in [0.15, 0.2) is 54.9 Å². The van der Waals surface area contributed by atoms with Crippen LogP contribution < -0.4 is 5.32 Å². The summed E-state index contributed by atoms with van der Waals surface area (Å²) in [4.78, 5) is 27.9. The molecule has 3 N–H and O–H groups in total. The average Bonchev–Trinajstić information content (AvgIpc) is 3.03. The van der Waals surface area contributed by atoms with Gasteiger partial charge in [0.1, 0.15) is 5.69 Å². The maximum atomic E-state index is 11.9. The highest BCUT2D eigenvalue weighted by atomic mass is 19.4. The molecule has 0 saturated carbocycles. The van der Waals surface area contributed by atoms with Crippen LogP contribution in [0.5, 0.6) is 0 Å². The van der Waals surface area contributed by atoms with Gasteiger partial charge in [-0.3, -0.25) is 9.78 Å². The van der Waals surface area contributed by atoms with E-state index in [4.69, 9.17) is 9.90 Å². The maximum Gasteiger partial charge on any atom is 0.490 e. The van der Waals surface area contributed by atoms with Gasteiger partial charge in [-0.2, -0.15) is 13.2 Å². The normalized spacial score (nSPS) is 10.7. The van der Waals surface area contributed by atoms with Crippen molar-refractivity contribution in [1.29, 1.82) is 0 Å². The highest BCUT2D eigenvalue weighted by molar-refractivity contribution is 6.03. The number of halogens is 3. The second-order valence-electron chi connectivity index (χ2n) is 4.75. The number of rotatable bonds is 2. The van der Waals surface area contributed by atoms with Gasteiger partial charge in [0, 0.05) is 23.6 Å². The van der Waals surface area contributed by atoms with Crippen LogP contribution in [0, 0.1) is 0 Å².